The van der Waals surface area contributed by atoms with Crippen molar-refractivity contribution in [2.24, 2.45) is 11.0 Å². The zero-order chi connectivity index (χ0) is 16.5. The number of hydrogen-bond acceptors (Lipinski definition) is 4. The van der Waals surface area contributed by atoms with Crippen molar-refractivity contribution in [2.45, 2.75) is 19.0 Å². The Kier molecular flexibility index (Phi) is 4.17. The molecule has 4 nitrogen and oxygen atoms in total. The van der Waals surface area contributed by atoms with Gasteiger partial charge in [0.05, 0.1) is 11.1 Å². The topological polar surface area (TPSA) is 47.9 Å². The predicted molar refractivity (Wildman–Crippen MR) is 96.3 cm³/mol. The van der Waals surface area contributed by atoms with E-state index in [2.05, 4.69) is 45.8 Å². The van der Waals surface area contributed by atoms with E-state index in [1.54, 1.807) is 6.07 Å². The van der Waals surface area contributed by atoms with Gasteiger partial charge in [-0.1, -0.05) is 48.0 Å². The summed E-state index contributed by atoms with van der Waals surface area (Å²) < 4.78 is 0. The van der Waals surface area contributed by atoms with Gasteiger partial charge in [-0.25, -0.2) is 0 Å². The van der Waals surface area contributed by atoms with Crippen molar-refractivity contribution in [1.29, 1.82) is 0 Å². The van der Waals surface area contributed by atoms with E-state index < -0.39 is 0 Å². The number of likely N-dealkylation sites (tertiary alicyclic amines) is 1. The molecule has 0 aromatic heterocycles. The summed E-state index contributed by atoms with van der Waals surface area (Å²) in [6, 6.07) is 16.1. The number of nitrogens with zero attached hydrogens (tertiary/aromatic N) is 2. The van der Waals surface area contributed by atoms with E-state index in [4.69, 9.17) is 11.6 Å². The van der Waals surface area contributed by atoms with Crippen LogP contribution in [0.25, 0.3) is 0 Å². The molecular formula is C19H20ClN3O. The molecule has 2 unspecified atom stereocenters. The molecular weight excluding hydrogens is 322 g/mol. The lowest BCUT2D eigenvalue weighted by Crippen LogP contribution is -2.41. The van der Waals surface area contributed by atoms with Gasteiger partial charge >= 0.3 is 0 Å². The Morgan fingerprint density at radius 3 is 2.83 bits per heavy atom. The fourth-order valence-corrected chi connectivity index (χ4v) is 3.81. The van der Waals surface area contributed by atoms with Crippen LogP contribution >= 0.6 is 11.6 Å². The first-order valence-electron chi connectivity index (χ1n) is 8.27. The van der Waals surface area contributed by atoms with Crippen molar-refractivity contribution in [3.8, 4) is 5.75 Å². The molecule has 2 aliphatic rings. The summed E-state index contributed by atoms with van der Waals surface area (Å²) in [5, 5.41) is 14.6. The van der Waals surface area contributed by atoms with E-state index in [1.807, 2.05) is 12.1 Å². The van der Waals surface area contributed by atoms with Crippen LogP contribution in [0.3, 0.4) is 0 Å². The molecule has 124 valence electrons. The Bertz CT molecular complexity index is 762. The van der Waals surface area contributed by atoms with Crippen molar-refractivity contribution >= 4 is 17.3 Å². The number of benzene rings is 2. The third kappa shape index (κ3) is 2.99. The zero-order valence-electron chi connectivity index (χ0n) is 13.3. The van der Waals surface area contributed by atoms with Crippen LogP contribution < -0.4 is 5.43 Å². The van der Waals surface area contributed by atoms with Crippen LogP contribution in [0.1, 0.15) is 23.6 Å². The minimum atomic E-state index is 0.119. The molecule has 2 heterocycles. The molecule has 0 radical (unpaired) electrons. The van der Waals surface area contributed by atoms with Gasteiger partial charge in [-0.15, -0.1) is 0 Å². The summed E-state index contributed by atoms with van der Waals surface area (Å²) in [5.74, 6) is 0.469. The number of nitrogens with one attached hydrogen (secondary N) is 1. The number of piperidine rings is 1. The molecule has 2 N–H and O–H groups in total. The molecule has 2 aromatic rings. The van der Waals surface area contributed by atoms with Crippen LogP contribution in [0, 0.1) is 5.92 Å². The number of hydrazone groups is 1. The first-order chi connectivity index (χ1) is 11.7. The molecule has 0 spiro atoms. The maximum absolute atomic E-state index is 9.64. The highest BCUT2D eigenvalue weighted by Crippen LogP contribution is 2.35. The van der Waals surface area contributed by atoms with Crippen molar-refractivity contribution in [2.75, 3.05) is 13.1 Å². The normalized spacial score (nSPS) is 23.5. The molecule has 1 fully saturated rings. The number of fused-ring (bicyclic) bond motifs is 1. The van der Waals surface area contributed by atoms with Crippen LogP contribution in [0.5, 0.6) is 5.75 Å². The Morgan fingerprint density at radius 1 is 1.21 bits per heavy atom. The van der Waals surface area contributed by atoms with Crippen LogP contribution in [0.2, 0.25) is 5.02 Å². The Hall–Kier alpha value is -2.04. The van der Waals surface area contributed by atoms with E-state index in [0.717, 1.165) is 31.6 Å². The van der Waals surface area contributed by atoms with Crippen molar-refractivity contribution in [3.63, 3.8) is 0 Å². The minimum absolute atomic E-state index is 0.119. The van der Waals surface area contributed by atoms with Gasteiger partial charge in [-0.3, -0.25) is 4.90 Å². The molecule has 0 aliphatic carbocycles. The van der Waals surface area contributed by atoms with E-state index in [1.165, 1.54) is 11.3 Å². The van der Waals surface area contributed by atoms with E-state index in [0.29, 0.717) is 10.9 Å². The maximum atomic E-state index is 9.64. The number of aromatic hydroxyl groups is 1. The highest BCUT2D eigenvalue weighted by molar-refractivity contribution is 6.32. The number of phenolic OH excluding ortho intramolecular Hbond substituents is 1. The molecule has 0 amide bonds. The Balaban J connectivity index is 1.50. The Labute approximate surface area is 146 Å². The smallest absolute Gasteiger partial charge is 0.134 e. The van der Waals surface area contributed by atoms with Gasteiger partial charge < -0.3 is 10.5 Å². The molecule has 0 saturated carbocycles. The van der Waals surface area contributed by atoms with Crippen LogP contribution in [0.4, 0.5) is 0 Å². The zero-order valence-corrected chi connectivity index (χ0v) is 14.1. The van der Waals surface area contributed by atoms with E-state index >= 15 is 0 Å². The van der Waals surface area contributed by atoms with Crippen LogP contribution in [0.15, 0.2) is 53.6 Å². The molecule has 2 aliphatic heterocycles. The second-order valence-electron chi connectivity index (χ2n) is 6.50. The molecule has 4 rings (SSSR count). The first kappa shape index (κ1) is 15.5. The van der Waals surface area contributed by atoms with Gasteiger partial charge in [-0.2, -0.15) is 5.10 Å². The van der Waals surface area contributed by atoms with Crippen molar-refractivity contribution < 1.29 is 5.11 Å². The lowest BCUT2D eigenvalue weighted by Gasteiger charge is -2.33. The number of phenols is 1. The number of hydrogen-bond donors (Lipinski definition) is 2. The number of halogens is 1. The minimum Gasteiger partial charge on any atom is -0.506 e. The summed E-state index contributed by atoms with van der Waals surface area (Å²) in [6.07, 6.45) is 0.993. The van der Waals surface area contributed by atoms with Gasteiger partial charge in [0, 0.05) is 37.7 Å². The van der Waals surface area contributed by atoms with Gasteiger partial charge in [0.2, 0.25) is 0 Å². The lowest BCUT2D eigenvalue weighted by molar-refractivity contribution is 0.220. The average molecular weight is 342 g/mol. The molecule has 5 heteroatoms. The van der Waals surface area contributed by atoms with Gasteiger partial charge in [0.1, 0.15) is 5.75 Å². The molecule has 24 heavy (non-hydrogen) atoms. The third-order valence-electron chi connectivity index (χ3n) is 4.90. The van der Waals surface area contributed by atoms with E-state index in [9.17, 15) is 5.11 Å². The first-order valence-corrected chi connectivity index (χ1v) is 8.65. The molecule has 2 aromatic carbocycles. The monoisotopic (exact) mass is 341 g/mol. The standard InChI is InChI=1S/C19H20ClN3O/c20-16-10-14(6-7-18(16)24)19-15-12-23(9-8-17(15)21-22-19)11-13-4-2-1-3-5-13/h1-7,10,15,19,22,24H,8-9,11-12H2. The fraction of sp³-hybridized carbons (Fsp3) is 0.316. The second kappa shape index (κ2) is 6.46. The second-order valence-corrected chi connectivity index (χ2v) is 6.91. The van der Waals surface area contributed by atoms with Crippen molar-refractivity contribution in [1.82, 2.24) is 10.3 Å². The highest BCUT2D eigenvalue weighted by Gasteiger charge is 2.37. The van der Waals surface area contributed by atoms with Gasteiger partial charge in [0.25, 0.3) is 0 Å². The predicted octanol–water partition coefficient (Wildman–Crippen LogP) is 3.57. The fourth-order valence-electron chi connectivity index (χ4n) is 3.62. The maximum Gasteiger partial charge on any atom is 0.134 e. The Morgan fingerprint density at radius 2 is 2.04 bits per heavy atom. The molecule has 1 saturated heterocycles. The summed E-state index contributed by atoms with van der Waals surface area (Å²) in [4.78, 5) is 2.49. The summed E-state index contributed by atoms with van der Waals surface area (Å²) >= 11 is 6.08. The van der Waals surface area contributed by atoms with Crippen LogP contribution in [-0.4, -0.2) is 28.8 Å². The van der Waals surface area contributed by atoms with Crippen molar-refractivity contribution in [3.05, 3.63) is 64.7 Å². The summed E-state index contributed by atoms with van der Waals surface area (Å²) in [6.45, 7) is 2.98. The van der Waals surface area contributed by atoms with E-state index in [-0.39, 0.29) is 11.8 Å². The molecule has 2 atom stereocenters. The van der Waals surface area contributed by atoms with Gasteiger partial charge in [-0.05, 0) is 23.3 Å². The number of rotatable bonds is 3. The lowest BCUT2D eigenvalue weighted by atomic mass is 9.86. The SMILES string of the molecule is Oc1ccc(C2NN=C3CCN(Cc4ccccc4)CC32)cc1Cl. The van der Waals surface area contributed by atoms with Crippen LogP contribution in [-0.2, 0) is 6.54 Å². The van der Waals surface area contributed by atoms with Gasteiger partial charge in [0.15, 0.2) is 0 Å². The third-order valence-corrected chi connectivity index (χ3v) is 5.20. The quantitative estimate of drug-likeness (QED) is 0.897. The average Bonchev–Trinajstić information content (AvgIpc) is 3.01. The highest BCUT2D eigenvalue weighted by atomic mass is 35.5. The summed E-state index contributed by atoms with van der Waals surface area (Å²) in [7, 11) is 0. The summed E-state index contributed by atoms with van der Waals surface area (Å²) in [5.41, 5.74) is 6.92. The molecule has 0 bridgehead atoms. The largest absolute Gasteiger partial charge is 0.506 e.